The number of carbonyl (C=O) groups is 1. The summed E-state index contributed by atoms with van der Waals surface area (Å²) in [6.45, 7) is 4.17. The van der Waals surface area contributed by atoms with E-state index in [9.17, 15) is 4.79 Å². The summed E-state index contributed by atoms with van der Waals surface area (Å²) in [5.41, 5.74) is 3.94. The van der Waals surface area contributed by atoms with Crippen molar-refractivity contribution in [1.82, 2.24) is 24.6 Å². The van der Waals surface area contributed by atoms with Gasteiger partial charge in [0.25, 0.3) is 5.91 Å². The quantitative estimate of drug-likeness (QED) is 0.505. The van der Waals surface area contributed by atoms with Gasteiger partial charge >= 0.3 is 0 Å². The minimum Gasteiger partial charge on any atom is -0.352 e. The van der Waals surface area contributed by atoms with Gasteiger partial charge in [0.1, 0.15) is 5.82 Å². The van der Waals surface area contributed by atoms with E-state index in [-0.39, 0.29) is 5.91 Å². The number of hydrogen-bond donors (Lipinski definition) is 1. The lowest BCUT2D eigenvalue weighted by molar-refractivity contribution is 0.0953. The van der Waals surface area contributed by atoms with Crippen LogP contribution in [-0.4, -0.2) is 31.8 Å². The highest BCUT2D eigenvalue weighted by Gasteiger charge is 2.08. The number of rotatable bonds is 7. The molecule has 2 aromatic carbocycles. The predicted molar refractivity (Wildman–Crippen MR) is 109 cm³/mol. The Balaban J connectivity index is 1.29. The molecule has 0 aliphatic carbocycles. The molecule has 0 radical (unpaired) electrons. The second-order valence-corrected chi connectivity index (χ2v) is 6.81. The molecule has 0 fully saturated rings. The Kier molecular flexibility index (Phi) is 5.19. The van der Waals surface area contributed by atoms with Gasteiger partial charge in [-0.15, -0.1) is 0 Å². The van der Waals surface area contributed by atoms with Crippen LogP contribution >= 0.6 is 0 Å². The molecule has 4 rings (SSSR count). The molecule has 0 saturated heterocycles. The van der Waals surface area contributed by atoms with E-state index in [2.05, 4.69) is 26.0 Å². The molecule has 0 atom stereocenters. The fraction of sp³-hybridized carbons (Fsp3) is 0.227. The first-order chi connectivity index (χ1) is 13.7. The summed E-state index contributed by atoms with van der Waals surface area (Å²) in [7, 11) is 0. The maximum absolute atomic E-state index is 12.4. The average molecular weight is 373 g/mol. The van der Waals surface area contributed by atoms with Crippen molar-refractivity contribution in [3.05, 3.63) is 83.9 Å². The standard InChI is InChI=1S/C22H23N5O/c1-17-25-20-6-2-3-7-21(20)27(17)15-4-12-23-22(28)19-10-8-18(9-11-19)16-26-14-5-13-24-26/h2-3,5-11,13-14H,4,12,15-16H2,1H3,(H,23,28). The van der Waals surface area contributed by atoms with Crippen molar-refractivity contribution in [2.45, 2.75) is 26.4 Å². The van der Waals surface area contributed by atoms with Crippen LogP contribution in [0.1, 0.15) is 28.2 Å². The number of aromatic nitrogens is 4. The van der Waals surface area contributed by atoms with Gasteiger partial charge in [0.15, 0.2) is 0 Å². The van der Waals surface area contributed by atoms with E-state index in [1.54, 1.807) is 6.20 Å². The topological polar surface area (TPSA) is 64.7 Å². The van der Waals surface area contributed by atoms with Crippen molar-refractivity contribution in [2.24, 2.45) is 0 Å². The second-order valence-electron chi connectivity index (χ2n) is 6.81. The van der Waals surface area contributed by atoms with Crippen molar-refractivity contribution in [3.63, 3.8) is 0 Å². The summed E-state index contributed by atoms with van der Waals surface area (Å²) in [5, 5.41) is 7.20. The van der Waals surface area contributed by atoms with E-state index >= 15 is 0 Å². The van der Waals surface area contributed by atoms with E-state index < -0.39 is 0 Å². The lowest BCUT2D eigenvalue weighted by atomic mass is 10.1. The first-order valence-electron chi connectivity index (χ1n) is 9.47. The highest BCUT2D eigenvalue weighted by molar-refractivity contribution is 5.94. The monoisotopic (exact) mass is 373 g/mol. The van der Waals surface area contributed by atoms with Gasteiger partial charge in [0.05, 0.1) is 17.6 Å². The fourth-order valence-electron chi connectivity index (χ4n) is 3.36. The van der Waals surface area contributed by atoms with Crippen LogP contribution in [0.3, 0.4) is 0 Å². The van der Waals surface area contributed by atoms with Gasteiger partial charge in [-0.25, -0.2) is 4.98 Å². The molecule has 4 aromatic rings. The number of fused-ring (bicyclic) bond motifs is 1. The number of carbonyl (C=O) groups excluding carboxylic acids is 1. The van der Waals surface area contributed by atoms with E-state index in [1.165, 1.54) is 0 Å². The number of hydrogen-bond acceptors (Lipinski definition) is 3. The molecular formula is C22H23N5O. The highest BCUT2D eigenvalue weighted by Crippen LogP contribution is 2.15. The van der Waals surface area contributed by atoms with Crippen LogP contribution in [0.2, 0.25) is 0 Å². The Morgan fingerprint density at radius 1 is 1.07 bits per heavy atom. The van der Waals surface area contributed by atoms with Crippen LogP contribution < -0.4 is 5.32 Å². The number of benzene rings is 2. The normalized spacial score (nSPS) is 11.0. The molecule has 2 aromatic heterocycles. The molecule has 0 unspecified atom stereocenters. The van der Waals surface area contributed by atoms with Gasteiger partial charge in [-0.1, -0.05) is 24.3 Å². The average Bonchev–Trinajstić information content (AvgIpc) is 3.33. The smallest absolute Gasteiger partial charge is 0.251 e. The maximum Gasteiger partial charge on any atom is 0.251 e. The van der Waals surface area contributed by atoms with Crippen molar-refractivity contribution in [2.75, 3.05) is 6.54 Å². The van der Waals surface area contributed by atoms with Crippen molar-refractivity contribution in [1.29, 1.82) is 0 Å². The zero-order chi connectivity index (χ0) is 19.3. The third kappa shape index (κ3) is 3.96. The SMILES string of the molecule is Cc1nc2ccccc2n1CCCNC(=O)c1ccc(Cn2cccn2)cc1. The summed E-state index contributed by atoms with van der Waals surface area (Å²) in [6.07, 6.45) is 4.53. The summed E-state index contributed by atoms with van der Waals surface area (Å²) in [5.74, 6) is 0.957. The van der Waals surface area contributed by atoms with E-state index in [1.807, 2.05) is 66.3 Å². The van der Waals surface area contributed by atoms with E-state index in [0.717, 1.165) is 35.4 Å². The highest BCUT2D eigenvalue weighted by atomic mass is 16.1. The molecule has 0 saturated carbocycles. The molecule has 1 amide bonds. The van der Waals surface area contributed by atoms with Crippen LogP contribution in [0.25, 0.3) is 11.0 Å². The Labute approximate surface area is 163 Å². The predicted octanol–water partition coefficient (Wildman–Crippen LogP) is 3.41. The maximum atomic E-state index is 12.4. The largest absolute Gasteiger partial charge is 0.352 e. The lowest BCUT2D eigenvalue weighted by Crippen LogP contribution is -2.25. The van der Waals surface area contributed by atoms with Crippen molar-refractivity contribution in [3.8, 4) is 0 Å². The van der Waals surface area contributed by atoms with Gasteiger partial charge in [0, 0.05) is 31.0 Å². The molecule has 28 heavy (non-hydrogen) atoms. The molecule has 142 valence electrons. The first-order valence-corrected chi connectivity index (χ1v) is 9.47. The molecule has 0 bridgehead atoms. The minimum absolute atomic E-state index is 0.0437. The van der Waals surface area contributed by atoms with Gasteiger partial charge in [0.2, 0.25) is 0 Å². The second kappa shape index (κ2) is 8.08. The number of aryl methyl sites for hydroxylation is 2. The Hall–Kier alpha value is -3.41. The molecule has 6 heteroatoms. The molecule has 0 spiro atoms. The number of imidazole rings is 1. The van der Waals surface area contributed by atoms with Crippen LogP contribution in [0.5, 0.6) is 0 Å². The van der Waals surface area contributed by atoms with Crippen LogP contribution in [-0.2, 0) is 13.1 Å². The Morgan fingerprint density at radius 3 is 2.68 bits per heavy atom. The van der Waals surface area contributed by atoms with Crippen LogP contribution in [0.15, 0.2) is 67.0 Å². The summed E-state index contributed by atoms with van der Waals surface area (Å²) < 4.78 is 4.06. The Bertz CT molecular complexity index is 1060. The number of amides is 1. The summed E-state index contributed by atoms with van der Waals surface area (Å²) in [4.78, 5) is 16.9. The molecular weight excluding hydrogens is 350 g/mol. The lowest BCUT2D eigenvalue weighted by Gasteiger charge is -2.09. The minimum atomic E-state index is -0.0437. The van der Waals surface area contributed by atoms with E-state index in [0.29, 0.717) is 18.7 Å². The number of nitrogens with one attached hydrogen (secondary N) is 1. The zero-order valence-corrected chi connectivity index (χ0v) is 15.9. The van der Waals surface area contributed by atoms with Crippen LogP contribution in [0, 0.1) is 6.92 Å². The Morgan fingerprint density at radius 2 is 1.89 bits per heavy atom. The van der Waals surface area contributed by atoms with E-state index in [4.69, 9.17) is 0 Å². The van der Waals surface area contributed by atoms with Gasteiger partial charge < -0.3 is 9.88 Å². The number of nitrogens with zero attached hydrogens (tertiary/aromatic N) is 4. The van der Waals surface area contributed by atoms with Crippen molar-refractivity contribution < 1.29 is 4.79 Å². The molecule has 0 aliphatic rings. The fourth-order valence-corrected chi connectivity index (χ4v) is 3.36. The number of para-hydroxylation sites is 2. The first kappa shape index (κ1) is 18.0. The molecule has 1 N–H and O–H groups in total. The summed E-state index contributed by atoms with van der Waals surface area (Å²) >= 11 is 0. The third-order valence-electron chi connectivity index (χ3n) is 4.81. The van der Waals surface area contributed by atoms with Gasteiger partial charge in [-0.3, -0.25) is 9.48 Å². The zero-order valence-electron chi connectivity index (χ0n) is 15.9. The van der Waals surface area contributed by atoms with Gasteiger partial charge in [-0.05, 0) is 49.2 Å². The molecule has 2 heterocycles. The van der Waals surface area contributed by atoms with Gasteiger partial charge in [-0.2, -0.15) is 5.10 Å². The van der Waals surface area contributed by atoms with Crippen LogP contribution in [0.4, 0.5) is 0 Å². The molecule has 0 aliphatic heterocycles. The third-order valence-corrected chi connectivity index (χ3v) is 4.81. The summed E-state index contributed by atoms with van der Waals surface area (Å²) in [6, 6.07) is 17.7. The van der Waals surface area contributed by atoms with Crippen molar-refractivity contribution >= 4 is 16.9 Å². The molecule has 6 nitrogen and oxygen atoms in total.